The van der Waals surface area contributed by atoms with E-state index in [9.17, 15) is 8.42 Å². The first-order valence-electron chi connectivity index (χ1n) is 7.68. The highest BCUT2D eigenvalue weighted by atomic mass is 79.9. The van der Waals surface area contributed by atoms with Crippen LogP contribution < -0.4 is 0 Å². The van der Waals surface area contributed by atoms with Gasteiger partial charge in [-0.25, -0.2) is 12.7 Å². The van der Waals surface area contributed by atoms with Crippen molar-refractivity contribution < 1.29 is 12.9 Å². The number of sulfonamides is 1. The molecule has 0 aliphatic carbocycles. The zero-order valence-corrected chi connectivity index (χ0v) is 15.8. The Balaban J connectivity index is 1.65. The summed E-state index contributed by atoms with van der Waals surface area (Å²) in [7, 11) is -3.13. The van der Waals surface area contributed by atoms with Gasteiger partial charge in [0.1, 0.15) is 0 Å². The van der Waals surface area contributed by atoms with E-state index in [1.165, 1.54) is 10.6 Å². The Morgan fingerprint density at radius 2 is 2.08 bits per heavy atom. The van der Waals surface area contributed by atoms with Crippen molar-refractivity contribution in [1.82, 2.24) is 19.3 Å². The molecule has 1 saturated heterocycles. The van der Waals surface area contributed by atoms with Gasteiger partial charge in [-0.1, -0.05) is 33.2 Å². The normalized spacial score (nSPS) is 17.8. The molecule has 2 heterocycles. The lowest BCUT2D eigenvalue weighted by atomic mass is 10.2. The van der Waals surface area contributed by atoms with Crippen LogP contribution in [0.5, 0.6) is 0 Å². The van der Waals surface area contributed by atoms with Gasteiger partial charge in [0.15, 0.2) is 0 Å². The number of nitrogens with zero attached hydrogens (tertiary/aromatic N) is 4. The molecular weight excluding hydrogens is 396 g/mol. The van der Waals surface area contributed by atoms with Crippen molar-refractivity contribution in [2.75, 3.05) is 32.4 Å². The first kappa shape index (κ1) is 17.5. The molecule has 0 saturated carbocycles. The van der Waals surface area contributed by atoms with Crippen molar-refractivity contribution in [1.29, 1.82) is 0 Å². The summed E-state index contributed by atoms with van der Waals surface area (Å²) in [5.74, 6) is 1.09. The number of halogens is 1. The number of hydrogen-bond acceptors (Lipinski definition) is 6. The van der Waals surface area contributed by atoms with Crippen LogP contribution in [0.2, 0.25) is 0 Å². The van der Waals surface area contributed by atoms with Gasteiger partial charge >= 0.3 is 0 Å². The van der Waals surface area contributed by atoms with Crippen LogP contribution >= 0.6 is 15.9 Å². The Hall–Kier alpha value is -1.29. The molecule has 1 aliphatic heterocycles. The summed E-state index contributed by atoms with van der Waals surface area (Å²) < 4.78 is 31.1. The van der Waals surface area contributed by atoms with E-state index in [1.54, 1.807) is 0 Å². The summed E-state index contributed by atoms with van der Waals surface area (Å²) in [6, 6.07) is 7.72. The lowest BCUT2D eigenvalue weighted by Crippen LogP contribution is -2.34. The lowest BCUT2D eigenvalue weighted by Gasteiger charge is -2.18. The molecule has 0 N–H and O–H groups in total. The fourth-order valence-corrected chi connectivity index (χ4v) is 3.97. The van der Waals surface area contributed by atoms with Crippen LogP contribution in [0.3, 0.4) is 0 Å². The summed E-state index contributed by atoms with van der Waals surface area (Å²) in [4.78, 5) is 6.58. The highest BCUT2D eigenvalue weighted by Gasteiger charge is 2.22. The molecule has 1 aliphatic rings. The first-order chi connectivity index (χ1) is 11.4. The summed E-state index contributed by atoms with van der Waals surface area (Å²) >= 11 is 3.43. The SMILES string of the molecule is CS(=O)(=O)N1CCCN(Cc2nc(-c3cccc(Br)c3)no2)CC1. The van der Waals surface area contributed by atoms with Gasteiger partial charge in [0.25, 0.3) is 0 Å². The molecule has 9 heteroatoms. The summed E-state index contributed by atoms with van der Waals surface area (Å²) in [6.07, 6.45) is 2.05. The first-order valence-corrected chi connectivity index (χ1v) is 10.3. The topological polar surface area (TPSA) is 79.5 Å². The second kappa shape index (κ2) is 7.30. The summed E-state index contributed by atoms with van der Waals surface area (Å²) in [5.41, 5.74) is 0.887. The maximum absolute atomic E-state index is 11.7. The van der Waals surface area contributed by atoms with E-state index < -0.39 is 10.0 Å². The largest absolute Gasteiger partial charge is 0.338 e. The van der Waals surface area contributed by atoms with E-state index in [0.29, 0.717) is 37.9 Å². The molecule has 0 spiro atoms. The van der Waals surface area contributed by atoms with Gasteiger partial charge in [0.2, 0.25) is 21.7 Å². The fraction of sp³-hybridized carbons (Fsp3) is 0.467. The highest BCUT2D eigenvalue weighted by molar-refractivity contribution is 9.10. The van der Waals surface area contributed by atoms with Crippen LogP contribution in [0.25, 0.3) is 11.4 Å². The Kier molecular flexibility index (Phi) is 5.33. The van der Waals surface area contributed by atoms with E-state index in [1.807, 2.05) is 24.3 Å². The van der Waals surface area contributed by atoms with Gasteiger partial charge in [-0.05, 0) is 25.1 Å². The van der Waals surface area contributed by atoms with E-state index >= 15 is 0 Å². The van der Waals surface area contributed by atoms with Gasteiger partial charge in [-0.2, -0.15) is 4.98 Å². The molecule has 1 aromatic carbocycles. The van der Waals surface area contributed by atoms with Gasteiger partial charge in [0.05, 0.1) is 12.8 Å². The van der Waals surface area contributed by atoms with Crippen LogP contribution in [0, 0.1) is 0 Å². The number of hydrogen-bond donors (Lipinski definition) is 0. The minimum atomic E-state index is -3.13. The summed E-state index contributed by atoms with van der Waals surface area (Å²) in [6.45, 7) is 3.04. The minimum absolute atomic E-state index is 0.492. The molecular formula is C15H19BrN4O3S. The molecule has 3 rings (SSSR count). The molecule has 0 bridgehead atoms. The maximum Gasteiger partial charge on any atom is 0.241 e. The molecule has 1 fully saturated rings. The van der Waals surface area contributed by atoms with Crippen LogP contribution in [0.1, 0.15) is 12.3 Å². The predicted molar refractivity (Wildman–Crippen MR) is 93.7 cm³/mol. The van der Waals surface area contributed by atoms with Crippen molar-refractivity contribution in [2.24, 2.45) is 0 Å². The van der Waals surface area contributed by atoms with Crippen molar-refractivity contribution in [3.8, 4) is 11.4 Å². The summed E-state index contributed by atoms with van der Waals surface area (Å²) in [5, 5.41) is 4.03. The molecule has 0 unspecified atom stereocenters. The Bertz CT molecular complexity index is 809. The molecule has 7 nitrogen and oxygen atoms in total. The van der Waals surface area contributed by atoms with Crippen LogP contribution in [-0.2, 0) is 16.6 Å². The number of rotatable bonds is 4. The zero-order chi connectivity index (χ0) is 17.2. The van der Waals surface area contributed by atoms with Crippen molar-refractivity contribution in [2.45, 2.75) is 13.0 Å². The Morgan fingerprint density at radius 1 is 1.25 bits per heavy atom. The van der Waals surface area contributed by atoms with Crippen molar-refractivity contribution in [3.05, 3.63) is 34.6 Å². The monoisotopic (exact) mass is 414 g/mol. The van der Waals surface area contributed by atoms with Crippen molar-refractivity contribution in [3.63, 3.8) is 0 Å². The van der Waals surface area contributed by atoms with E-state index in [-0.39, 0.29) is 0 Å². The second-order valence-corrected chi connectivity index (χ2v) is 8.71. The minimum Gasteiger partial charge on any atom is -0.338 e. The average molecular weight is 415 g/mol. The van der Waals surface area contributed by atoms with Gasteiger partial charge in [-0.3, -0.25) is 4.90 Å². The number of benzene rings is 1. The quantitative estimate of drug-likeness (QED) is 0.760. The zero-order valence-electron chi connectivity index (χ0n) is 13.4. The molecule has 0 atom stereocenters. The molecule has 2 aromatic rings. The Labute approximate surface area is 149 Å². The van der Waals surface area contributed by atoms with Crippen molar-refractivity contribution >= 4 is 26.0 Å². The predicted octanol–water partition coefficient (Wildman–Crippen LogP) is 1.97. The molecule has 0 amide bonds. The molecule has 1 aromatic heterocycles. The van der Waals surface area contributed by atoms with Gasteiger partial charge in [-0.15, -0.1) is 0 Å². The van der Waals surface area contributed by atoms with E-state index in [2.05, 4.69) is 31.0 Å². The smallest absolute Gasteiger partial charge is 0.241 e. The molecule has 24 heavy (non-hydrogen) atoms. The van der Waals surface area contributed by atoms with Crippen LogP contribution in [0.15, 0.2) is 33.3 Å². The van der Waals surface area contributed by atoms with Gasteiger partial charge < -0.3 is 4.52 Å². The maximum atomic E-state index is 11.7. The fourth-order valence-electron chi connectivity index (χ4n) is 2.69. The van der Waals surface area contributed by atoms with Crippen LogP contribution in [-0.4, -0.2) is 60.2 Å². The number of aromatic nitrogens is 2. The standard InChI is InChI=1S/C15H19BrN4O3S/c1-24(21,22)20-7-3-6-19(8-9-20)11-14-17-15(18-23-14)12-4-2-5-13(16)10-12/h2,4-5,10H,3,6-9,11H2,1H3. The average Bonchev–Trinajstić information content (AvgIpc) is 2.84. The van der Waals surface area contributed by atoms with Gasteiger partial charge in [0, 0.05) is 29.7 Å². The Morgan fingerprint density at radius 3 is 2.83 bits per heavy atom. The highest BCUT2D eigenvalue weighted by Crippen LogP contribution is 2.21. The third-order valence-corrected chi connectivity index (χ3v) is 5.72. The van der Waals surface area contributed by atoms with E-state index in [0.717, 1.165) is 23.0 Å². The van der Waals surface area contributed by atoms with Crippen LogP contribution in [0.4, 0.5) is 0 Å². The molecule has 130 valence electrons. The second-order valence-electron chi connectivity index (χ2n) is 5.81. The lowest BCUT2D eigenvalue weighted by molar-refractivity contribution is 0.236. The van der Waals surface area contributed by atoms with E-state index in [4.69, 9.17) is 4.52 Å². The molecule has 0 radical (unpaired) electrons. The third kappa shape index (κ3) is 4.41. The third-order valence-electron chi connectivity index (χ3n) is 3.93.